The Balaban J connectivity index is 2.44. The summed E-state index contributed by atoms with van der Waals surface area (Å²) in [7, 11) is 0. The zero-order valence-electron chi connectivity index (χ0n) is 10.5. The number of hydrogen-bond donors (Lipinski definition) is 1. The molecule has 0 aliphatic heterocycles. The highest BCUT2D eigenvalue weighted by Gasteiger charge is 2.07. The highest BCUT2D eigenvalue weighted by molar-refractivity contribution is 9.10. The van der Waals surface area contributed by atoms with Gasteiger partial charge in [-0.1, -0.05) is 6.92 Å². The van der Waals surface area contributed by atoms with E-state index in [1.54, 1.807) is 12.1 Å². The summed E-state index contributed by atoms with van der Waals surface area (Å²) >= 11 is 3.14. The monoisotopic (exact) mass is 303 g/mol. The van der Waals surface area contributed by atoms with Gasteiger partial charge in [-0.2, -0.15) is 0 Å². The van der Waals surface area contributed by atoms with Crippen LogP contribution < -0.4 is 10.1 Å². The first-order valence-corrected chi connectivity index (χ1v) is 6.67. The Morgan fingerprint density at radius 3 is 2.71 bits per heavy atom. The van der Waals surface area contributed by atoms with Crippen LogP contribution >= 0.6 is 15.9 Å². The zero-order valence-corrected chi connectivity index (χ0v) is 12.1. The van der Waals surface area contributed by atoms with Crippen LogP contribution in [0.1, 0.15) is 27.2 Å². The molecule has 1 rings (SSSR count). The van der Waals surface area contributed by atoms with Crippen molar-refractivity contribution in [1.29, 1.82) is 0 Å². The van der Waals surface area contributed by atoms with Crippen molar-refractivity contribution in [3.05, 3.63) is 28.5 Å². The summed E-state index contributed by atoms with van der Waals surface area (Å²) in [4.78, 5) is 0. The van der Waals surface area contributed by atoms with E-state index in [4.69, 9.17) is 4.74 Å². The summed E-state index contributed by atoms with van der Waals surface area (Å²) in [6.45, 7) is 7.05. The van der Waals surface area contributed by atoms with E-state index in [0.29, 0.717) is 16.3 Å². The lowest BCUT2D eigenvalue weighted by Crippen LogP contribution is -2.34. The minimum absolute atomic E-state index is 0.0568. The van der Waals surface area contributed by atoms with Crippen molar-refractivity contribution >= 4 is 15.9 Å². The van der Waals surface area contributed by atoms with Gasteiger partial charge in [-0.25, -0.2) is 4.39 Å². The van der Waals surface area contributed by atoms with E-state index < -0.39 is 0 Å². The predicted molar refractivity (Wildman–Crippen MR) is 71.9 cm³/mol. The molecule has 2 unspecified atom stereocenters. The number of halogens is 2. The van der Waals surface area contributed by atoms with Gasteiger partial charge in [-0.05, 0) is 54.4 Å². The normalized spacial score (nSPS) is 14.4. The molecule has 0 amide bonds. The molecule has 2 nitrogen and oxygen atoms in total. The van der Waals surface area contributed by atoms with Crippen molar-refractivity contribution < 1.29 is 9.13 Å². The van der Waals surface area contributed by atoms with Gasteiger partial charge in [0.2, 0.25) is 0 Å². The number of rotatable bonds is 6. The fourth-order valence-corrected chi connectivity index (χ4v) is 1.69. The molecular formula is C13H19BrFNO. The molecular weight excluding hydrogens is 285 g/mol. The van der Waals surface area contributed by atoms with Gasteiger partial charge in [0.1, 0.15) is 17.7 Å². The molecule has 0 spiro atoms. The van der Waals surface area contributed by atoms with E-state index in [0.717, 1.165) is 13.0 Å². The third kappa shape index (κ3) is 5.04. The van der Waals surface area contributed by atoms with Crippen molar-refractivity contribution in [1.82, 2.24) is 5.32 Å². The van der Waals surface area contributed by atoms with E-state index in [1.165, 1.54) is 6.07 Å². The molecule has 0 heterocycles. The van der Waals surface area contributed by atoms with Crippen molar-refractivity contribution in [2.75, 3.05) is 6.54 Å². The van der Waals surface area contributed by atoms with Crippen molar-refractivity contribution in [3.63, 3.8) is 0 Å². The van der Waals surface area contributed by atoms with E-state index in [-0.39, 0.29) is 11.9 Å². The first-order chi connectivity index (χ1) is 8.02. The van der Waals surface area contributed by atoms with Gasteiger partial charge in [-0.15, -0.1) is 0 Å². The van der Waals surface area contributed by atoms with Crippen LogP contribution in [0.15, 0.2) is 22.7 Å². The van der Waals surface area contributed by atoms with Gasteiger partial charge in [-0.3, -0.25) is 0 Å². The largest absolute Gasteiger partial charge is 0.489 e. The van der Waals surface area contributed by atoms with Gasteiger partial charge < -0.3 is 10.1 Å². The molecule has 4 heteroatoms. The van der Waals surface area contributed by atoms with E-state index in [1.807, 2.05) is 6.92 Å². The SMILES string of the molecule is CCC(C)NCC(C)Oc1ccc(F)c(Br)c1. The molecule has 0 radical (unpaired) electrons. The van der Waals surface area contributed by atoms with Crippen LogP contribution in [0, 0.1) is 5.82 Å². The standard InChI is InChI=1S/C13H19BrFNO/c1-4-9(2)16-8-10(3)17-11-5-6-13(15)12(14)7-11/h5-7,9-10,16H,4,8H2,1-3H3. The van der Waals surface area contributed by atoms with E-state index >= 15 is 0 Å². The lowest BCUT2D eigenvalue weighted by atomic mass is 10.2. The summed E-state index contributed by atoms with van der Waals surface area (Å²) in [6.07, 6.45) is 1.15. The maximum Gasteiger partial charge on any atom is 0.137 e. The van der Waals surface area contributed by atoms with Gasteiger partial charge in [0.25, 0.3) is 0 Å². The molecule has 0 saturated heterocycles. The molecule has 17 heavy (non-hydrogen) atoms. The molecule has 1 N–H and O–H groups in total. The molecule has 0 aromatic heterocycles. The molecule has 1 aromatic rings. The smallest absolute Gasteiger partial charge is 0.137 e. The summed E-state index contributed by atoms with van der Waals surface area (Å²) in [5, 5.41) is 3.37. The van der Waals surface area contributed by atoms with E-state index in [2.05, 4.69) is 35.1 Å². The molecule has 0 saturated carbocycles. The summed E-state index contributed by atoms with van der Waals surface area (Å²) in [6, 6.07) is 5.17. The van der Waals surface area contributed by atoms with Crippen LogP contribution in [0.4, 0.5) is 4.39 Å². The third-order valence-corrected chi connectivity index (χ3v) is 3.20. The van der Waals surface area contributed by atoms with Crippen LogP contribution in [0.2, 0.25) is 0 Å². The van der Waals surface area contributed by atoms with Crippen LogP contribution in [0.5, 0.6) is 5.75 Å². The second-order valence-electron chi connectivity index (χ2n) is 4.22. The third-order valence-electron chi connectivity index (χ3n) is 2.59. The second-order valence-corrected chi connectivity index (χ2v) is 5.08. The minimum atomic E-state index is -0.275. The molecule has 0 aliphatic carbocycles. The van der Waals surface area contributed by atoms with Crippen LogP contribution in [-0.2, 0) is 0 Å². The maximum absolute atomic E-state index is 13.0. The van der Waals surface area contributed by atoms with Crippen molar-refractivity contribution in [2.45, 2.75) is 39.3 Å². The number of hydrogen-bond acceptors (Lipinski definition) is 2. The molecule has 0 bridgehead atoms. The van der Waals surface area contributed by atoms with Crippen LogP contribution in [0.25, 0.3) is 0 Å². The van der Waals surface area contributed by atoms with Gasteiger partial charge in [0, 0.05) is 12.6 Å². The average molecular weight is 304 g/mol. The quantitative estimate of drug-likeness (QED) is 0.864. The highest BCUT2D eigenvalue weighted by atomic mass is 79.9. The van der Waals surface area contributed by atoms with Gasteiger partial charge in [0.05, 0.1) is 4.47 Å². The van der Waals surface area contributed by atoms with E-state index in [9.17, 15) is 4.39 Å². The predicted octanol–water partition coefficient (Wildman–Crippen LogP) is 3.74. The van der Waals surface area contributed by atoms with Gasteiger partial charge in [0.15, 0.2) is 0 Å². The van der Waals surface area contributed by atoms with Crippen LogP contribution in [-0.4, -0.2) is 18.7 Å². The Hall–Kier alpha value is -0.610. The molecule has 2 atom stereocenters. The van der Waals surface area contributed by atoms with Gasteiger partial charge >= 0.3 is 0 Å². The average Bonchev–Trinajstić information content (AvgIpc) is 2.31. The topological polar surface area (TPSA) is 21.3 Å². The lowest BCUT2D eigenvalue weighted by molar-refractivity contribution is 0.211. The maximum atomic E-state index is 13.0. The first kappa shape index (κ1) is 14.5. The Bertz CT molecular complexity index is 359. The summed E-state index contributed by atoms with van der Waals surface area (Å²) in [5.41, 5.74) is 0. The Kier molecular flexibility index (Phi) is 5.92. The first-order valence-electron chi connectivity index (χ1n) is 5.88. The van der Waals surface area contributed by atoms with Crippen molar-refractivity contribution in [2.24, 2.45) is 0 Å². The van der Waals surface area contributed by atoms with Crippen LogP contribution in [0.3, 0.4) is 0 Å². The fraction of sp³-hybridized carbons (Fsp3) is 0.538. The highest BCUT2D eigenvalue weighted by Crippen LogP contribution is 2.22. The Morgan fingerprint density at radius 1 is 1.41 bits per heavy atom. The molecule has 1 aromatic carbocycles. The lowest BCUT2D eigenvalue weighted by Gasteiger charge is -2.18. The van der Waals surface area contributed by atoms with Crippen molar-refractivity contribution in [3.8, 4) is 5.75 Å². The molecule has 0 fully saturated rings. The minimum Gasteiger partial charge on any atom is -0.489 e. The Labute approximate surface area is 111 Å². The number of benzene rings is 1. The zero-order chi connectivity index (χ0) is 12.8. The number of ether oxygens (including phenoxy) is 1. The summed E-state index contributed by atoms with van der Waals surface area (Å²) < 4.78 is 19.1. The Morgan fingerprint density at radius 2 is 2.12 bits per heavy atom. The summed E-state index contributed by atoms with van der Waals surface area (Å²) in [5.74, 6) is 0.402. The molecule has 0 aliphatic rings. The molecule has 96 valence electrons. The number of nitrogens with one attached hydrogen (secondary N) is 1. The fourth-order valence-electron chi connectivity index (χ4n) is 1.34. The second kappa shape index (κ2) is 6.97.